The Morgan fingerprint density at radius 1 is 1.33 bits per heavy atom. The molecule has 0 saturated heterocycles. The highest BCUT2D eigenvalue weighted by molar-refractivity contribution is 5.95. The van der Waals surface area contributed by atoms with E-state index in [0.29, 0.717) is 5.56 Å². The summed E-state index contributed by atoms with van der Waals surface area (Å²) in [5.41, 5.74) is 11.2. The monoisotopic (exact) mass is 252 g/mol. The summed E-state index contributed by atoms with van der Waals surface area (Å²) in [5.74, 6) is -2.60. The van der Waals surface area contributed by atoms with Crippen LogP contribution in [0, 0.1) is 11.6 Å². The van der Waals surface area contributed by atoms with Gasteiger partial charge in [0, 0.05) is 6.20 Å². The quantitative estimate of drug-likeness (QED) is 0.850. The van der Waals surface area contributed by atoms with Gasteiger partial charge in [0.2, 0.25) is 0 Å². The molecule has 0 aliphatic carbocycles. The fourth-order valence-electron chi connectivity index (χ4n) is 1.53. The summed E-state index contributed by atoms with van der Waals surface area (Å²) in [6.07, 6.45) is 1.40. The van der Waals surface area contributed by atoms with Crippen LogP contribution in [0.3, 0.4) is 0 Å². The van der Waals surface area contributed by atoms with Crippen molar-refractivity contribution in [2.24, 2.45) is 5.73 Å². The van der Waals surface area contributed by atoms with Gasteiger partial charge in [-0.2, -0.15) is 5.10 Å². The summed E-state index contributed by atoms with van der Waals surface area (Å²) in [4.78, 5) is 10.9. The van der Waals surface area contributed by atoms with Crippen LogP contribution in [0.15, 0.2) is 24.4 Å². The van der Waals surface area contributed by atoms with Gasteiger partial charge < -0.3 is 11.5 Å². The average Bonchev–Trinajstić information content (AvgIpc) is 2.65. The molecule has 0 aliphatic rings. The summed E-state index contributed by atoms with van der Waals surface area (Å²) in [7, 11) is 0. The van der Waals surface area contributed by atoms with Gasteiger partial charge in [0.15, 0.2) is 17.3 Å². The lowest BCUT2D eigenvalue weighted by Gasteiger charge is -2.02. The lowest BCUT2D eigenvalue weighted by atomic mass is 10.2. The highest BCUT2D eigenvalue weighted by Crippen LogP contribution is 2.12. The number of nitrogens with two attached hydrogens (primary N) is 2. The summed E-state index contributed by atoms with van der Waals surface area (Å²) < 4.78 is 27.1. The van der Waals surface area contributed by atoms with Crippen LogP contribution in [0.1, 0.15) is 16.1 Å². The Kier molecular flexibility index (Phi) is 2.97. The molecule has 94 valence electrons. The van der Waals surface area contributed by atoms with Crippen LogP contribution >= 0.6 is 0 Å². The maximum atomic E-state index is 13.0. The van der Waals surface area contributed by atoms with Crippen LogP contribution in [0.25, 0.3) is 0 Å². The van der Waals surface area contributed by atoms with Gasteiger partial charge in [0.25, 0.3) is 5.91 Å². The Morgan fingerprint density at radius 3 is 2.61 bits per heavy atom. The van der Waals surface area contributed by atoms with Crippen molar-refractivity contribution >= 4 is 11.6 Å². The number of nitrogens with zero attached hydrogens (tertiary/aromatic N) is 2. The number of carbonyl (C=O) groups is 1. The lowest BCUT2D eigenvalue weighted by molar-refractivity contribution is 0.0995. The number of rotatable bonds is 3. The minimum Gasteiger partial charge on any atom is -0.396 e. The predicted molar refractivity (Wildman–Crippen MR) is 60.6 cm³/mol. The van der Waals surface area contributed by atoms with Gasteiger partial charge in [-0.1, -0.05) is 6.07 Å². The molecule has 0 bridgehead atoms. The zero-order valence-electron chi connectivity index (χ0n) is 9.23. The molecule has 7 heteroatoms. The topological polar surface area (TPSA) is 86.9 Å². The van der Waals surface area contributed by atoms with Crippen molar-refractivity contribution in [3.63, 3.8) is 0 Å². The first-order chi connectivity index (χ1) is 8.47. The third kappa shape index (κ3) is 2.29. The zero-order valence-corrected chi connectivity index (χ0v) is 9.23. The summed E-state index contributed by atoms with van der Waals surface area (Å²) in [6, 6.07) is 3.49. The van der Waals surface area contributed by atoms with Crippen LogP contribution in [0.2, 0.25) is 0 Å². The van der Waals surface area contributed by atoms with E-state index in [4.69, 9.17) is 11.5 Å². The number of nitrogen functional groups attached to an aromatic ring is 1. The summed E-state index contributed by atoms with van der Waals surface area (Å²) in [5, 5.41) is 3.86. The van der Waals surface area contributed by atoms with Crippen LogP contribution in [0.4, 0.5) is 14.5 Å². The first-order valence-corrected chi connectivity index (χ1v) is 5.04. The smallest absolute Gasteiger partial charge is 0.271 e. The molecule has 1 amide bonds. The van der Waals surface area contributed by atoms with Crippen molar-refractivity contribution in [3.05, 3.63) is 47.3 Å². The van der Waals surface area contributed by atoms with Crippen molar-refractivity contribution in [3.8, 4) is 0 Å². The maximum Gasteiger partial charge on any atom is 0.271 e. The number of benzene rings is 1. The highest BCUT2D eigenvalue weighted by atomic mass is 19.2. The molecule has 1 aromatic heterocycles. The second-order valence-electron chi connectivity index (χ2n) is 3.74. The Hall–Kier alpha value is -2.44. The molecule has 0 spiro atoms. The number of hydrogen-bond acceptors (Lipinski definition) is 3. The number of anilines is 1. The summed E-state index contributed by atoms with van der Waals surface area (Å²) in [6.45, 7) is 0.161. The SMILES string of the molecule is NC(=O)c1nn(Cc2ccc(F)c(F)c2)cc1N. The van der Waals surface area contributed by atoms with E-state index in [9.17, 15) is 13.6 Å². The first-order valence-electron chi connectivity index (χ1n) is 5.04. The Morgan fingerprint density at radius 2 is 2.06 bits per heavy atom. The number of carbonyl (C=O) groups excluding carboxylic acids is 1. The standard InChI is InChI=1S/C11H10F2N4O/c12-7-2-1-6(3-8(7)13)4-17-5-9(14)10(16-17)11(15)18/h1-3,5H,4,14H2,(H2,15,18). The number of primary amides is 1. The molecule has 0 aliphatic heterocycles. The largest absolute Gasteiger partial charge is 0.396 e. The third-order valence-corrected chi connectivity index (χ3v) is 2.35. The highest BCUT2D eigenvalue weighted by Gasteiger charge is 2.11. The molecule has 2 rings (SSSR count). The van der Waals surface area contributed by atoms with Crippen molar-refractivity contribution in [1.29, 1.82) is 0 Å². The first kappa shape index (κ1) is 12.0. The third-order valence-electron chi connectivity index (χ3n) is 2.35. The minimum absolute atomic E-state index is 0.0439. The van der Waals surface area contributed by atoms with Gasteiger partial charge in [0.05, 0.1) is 12.2 Å². The van der Waals surface area contributed by atoms with Gasteiger partial charge in [-0.05, 0) is 17.7 Å². The average molecular weight is 252 g/mol. The molecular formula is C11H10F2N4O. The van der Waals surface area contributed by atoms with E-state index in [1.807, 2.05) is 0 Å². The van der Waals surface area contributed by atoms with E-state index in [2.05, 4.69) is 5.10 Å². The molecule has 18 heavy (non-hydrogen) atoms. The van der Waals surface area contributed by atoms with E-state index in [-0.39, 0.29) is 17.9 Å². The molecule has 0 radical (unpaired) electrons. The molecule has 2 aromatic rings. The molecule has 0 saturated carbocycles. The number of hydrogen-bond donors (Lipinski definition) is 2. The fourth-order valence-corrected chi connectivity index (χ4v) is 1.53. The van der Waals surface area contributed by atoms with Crippen LogP contribution in [0.5, 0.6) is 0 Å². The van der Waals surface area contributed by atoms with E-state index < -0.39 is 17.5 Å². The van der Waals surface area contributed by atoms with Gasteiger partial charge in [-0.25, -0.2) is 8.78 Å². The van der Waals surface area contributed by atoms with Gasteiger partial charge >= 0.3 is 0 Å². The van der Waals surface area contributed by atoms with E-state index in [1.54, 1.807) is 0 Å². The van der Waals surface area contributed by atoms with Crippen LogP contribution in [-0.4, -0.2) is 15.7 Å². The minimum atomic E-state index is -0.942. The maximum absolute atomic E-state index is 13.0. The molecule has 5 nitrogen and oxygen atoms in total. The number of amides is 1. The van der Waals surface area contributed by atoms with Gasteiger partial charge in [-0.15, -0.1) is 0 Å². The molecule has 4 N–H and O–H groups in total. The fraction of sp³-hybridized carbons (Fsp3) is 0.0909. The van der Waals surface area contributed by atoms with Gasteiger partial charge in [-0.3, -0.25) is 9.48 Å². The van der Waals surface area contributed by atoms with E-state index in [1.165, 1.54) is 16.9 Å². The second-order valence-corrected chi connectivity index (χ2v) is 3.74. The molecule has 1 heterocycles. The number of halogens is 2. The Balaban J connectivity index is 2.26. The molecular weight excluding hydrogens is 242 g/mol. The van der Waals surface area contributed by atoms with Crippen LogP contribution in [-0.2, 0) is 6.54 Å². The van der Waals surface area contributed by atoms with Crippen LogP contribution < -0.4 is 11.5 Å². The van der Waals surface area contributed by atoms with Crippen molar-refractivity contribution in [2.75, 3.05) is 5.73 Å². The molecule has 1 aromatic carbocycles. The predicted octanol–water partition coefficient (Wildman–Crippen LogP) is 0.891. The number of aromatic nitrogens is 2. The Bertz CT molecular complexity index is 609. The lowest BCUT2D eigenvalue weighted by Crippen LogP contribution is -2.14. The zero-order chi connectivity index (χ0) is 13.3. The molecule has 0 unspecified atom stereocenters. The molecule has 0 atom stereocenters. The van der Waals surface area contributed by atoms with E-state index >= 15 is 0 Å². The van der Waals surface area contributed by atoms with Gasteiger partial charge in [0.1, 0.15) is 0 Å². The molecule has 0 fully saturated rings. The van der Waals surface area contributed by atoms with Crippen molar-refractivity contribution < 1.29 is 13.6 Å². The van der Waals surface area contributed by atoms with E-state index in [0.717, 1.165) is 12.1 Å². The van der Waals surface area contributed by atoms with Crippen molar-refractivity contribution in [2.45, 2.75) is 6.54 Å². The normalized spacial score (nSPS) is 10.6. The summed E-state index contributed by atoms with van der Waals surface area (Å²) >= 11 is 0. The second kappa shape index (κ2) is 4.44. The van der Waals surface area contributed by atoms with Crippen molar-refractivity contribution in [1.82, 2.24) is 9.78 Å². The Labute approximate surface area is 101 Å².